The molecule has 23 heavy (non-hydrogen) atoms. The van der Waals surface area contributed by atoms with Crippen molar-refractivity contribution in [1.82, 2.24) is 15.2 Å². The highest BCUT2D eigenvalue weighted by atomic mass is 16.5. The molecule has 7 nitrogen and oxygen atoms in total. The van der Waals surface area contributed by atoms with E-state index in [2.05, 4.69) is 10.3 Å². The summed E-state index contributed by atoms with van der Waals surface area (Å²) in [5.74, 6) is -0.349. The number of hydrogen-bond donors (Lipinski definition) is 1. The SMILES string of the molecule is CNC(=O)C1(COC)CCCN1C(=O)Cc1ccc(C#N)nc1. The third-order valence-corrected chi connectivity index (χ3v) is 4.12. The van der Waals surface area contributed by atoms with Crippen LogP contribution in [0.1, 0.15) is 24.1 Å². The molecule has 0 aliphatic carbocycles. The van der Waals surface area contributed by atoms with Gasteiger partial charge in [-0.05, 0) is 24.5 Å². The van der Waals surface area contributed by atoms with E-state index in [-0.39, 0.29) is 24.8 Å². The van der Waals surface area contributed by atoms with Gasteiger partial charge in [-0.25, -0.2) is 4.98 Å². The van der Waals surface area contributed by atoms with E-state index < -0.39 is 5.54 Å². The predicted octanol–water partition coefficient (Wildman–Crippen LogP) is 0.249. The van der Waals surface area contributed by atoms with Crippen molar-refractivity contribution < 1.29 is 14.3 Å². The second-order valence-corrected chi connectivity index (χ2v) is 5.53. The third-order valence-electron chi connectivity index (χ3n) is 4.12. The average molecular weight is 316 g/mol. The molecule has 122 valence electrons. The molecule has 0 saturated carbocycles. The summed E-state index contributed by atoms with van der Waals surface area (Å²) in [4.78, 5) is 30.6. The van der Waals surface area contributed by atoms with Crippen LogP contribution in [0.3, 0.4) is 0 Å². The van der Waals surface area contributed by atoms with Gasteiger partial charge < -0.3 is 15.0 Å². The summed E-state index contributed by atoms with van der Waals surface area (Å²) in [6.07, 6.45) is 3.00. The Bertz CT molecular complexity index is 623. The molecule has 1 aliphatic rings. The van der Waals surface area contributed by atoms with Gasteiger partial charge in [-0.15, -0.1) is 0 Å². The lowest BCUT2D eigenvalue weighted by molar-refractivity contribution is -0.147. The first-order valence-corrected chi connectivity index (χ1v) is 7.44. The molecule has 2 amide bonds. The number of nitrogens with zero attached hydrogens (tertiary/aromatic N) is 3. The molecule has 1 aromatic rings. The number of nitriles is 1. The first kappa shape index (κ1) is 16.9. The number of nitrogens with one attached hydrogen (secondary N) is 1. The van der Waals surface area contributed by atoms with Gasteiger partial charge in [-0.1, -0.05) is 6.07 Å². The molecule has 7 heteroatoms. The number of rotatable bonds is 5. The normalized spacial score (nSPS) is 20.1. The van der Waals surface area contributed by atoms with Crippen molar-refractivity contribution in [3.63, 3.8) is 0 Å². The Labute approximate surface area is 135 Å². The van der Waals surface area contributed by atoms with Gasteiger partial charge in [0.05, 0.1) is 13.0 Å². The van der Waals surface area contributed by atoms with Gasteiger partial charge in [0.2, 0.25) is 11.8 Å². The van der Waals surface area contributed by atoms with Crippen molar-refractivity contribution >= 4 is 11.8 Å². The van der Waals surface area contributed by atoms with Crippen LogP contribution in [0.15, 0.2) is 18.3 Å². The molecule has 1 unspecified atom stereocenters. The predicted molar refractivity (Wildman–Crippen MR) is 82.3 cm³/mol. The smallest absolute Gasteiger partial charge is 0.248 e. The van der Waals surface area contributed by atoms with Crippen molar-refractivity contribution in [3.8, 4) is 6.07 Å². The van der Waals surface area contributed by atoms with Crippen LogP contribution in [-0.4, -0.2) is 54.5 Å². The Hall–Kier alpha value is -2.46. The van der Waals surface area contributed by atoms with Crippen LogP contribution in [0, 0.1) is 11.3 Å². The molecule has 1 aromatic heterocycles. The van der Waals surface area contributed by atoms with E-state index >= 15 is 0 Å². The highest BCUT2D eigenvalue weighted by Crippen LogP contribution is 2.30. The summed E-state index contributed by atoms with van der Waals surface area (Å²) >= 11 is 0. The topological polar surface area (TPSA) is 95.3 Å². The van der Waals surface area contributed by atoms with Gasteiger partial charge in [-0.2, -0.15) is 5.26 Å². The second kappa shape index (κ2) is 7.20. The molecular formula is C16H20N4O3. The van der Waals surface area contributed by atoms with Crippen LogP contribution in [0.25, 0.3) is 0 Å². The van der Waals surface area contributed by atoms with Crippen molar-refractivity contribution in [2.24, 2.45) is 0 Å². The van der Waals surface area contributed by atoms with E-state index in [1.165, 1.54) is 13.3 Å². The van der Waals surface area contributed by atoms with Gasteiger partial charge in [-0.3, -0.25) is 9.59 Å². The molecule has 2 rings (SSSR count). The molecule has 1 N–H and O–H groups in total. The quantitative estimate of drug-likeness (QED) is 0.840. The van der Waals surface area contributed by atoms with E-state index in [9.17, 15) is 9.59 Å². The summed E-state index contributed by atoms with van der Waals surface area (Å²) in [6, 6.07) is 5.22. The van der Waals surface area contributed by atoms with Crippen molar-refractivity contribution in [3.05, 3.63) is 29.6 Å². The molecule has 1 atom stereocenters. The number of aromatic nitrogens is 1. The van der Waals surface area contributed by atoms with Gasteiger partial charge in [0.25, 0.3) is 0 Å². The average Bonchev–Trinajstić information content (AvgIpc) is 3.00. The maximum absolute atomic E-state index is 12.7. The monoisotopic (exact) mass is 316 g/mol. The van der Waals surface area contributed by atoms with E-state index in [1.54, 1.807) is 24.1 Å². The van der Waals surface area contributed by atoms with Gasteiger partial charge in [0.1, 0.15) is 17.3 Å². The number of likely N-dealkylation sites (N-methyl/N-ethyl adjacent to an activating group) is 1. The Kier molecular flexibility index (Phi) is 5.29. The molecule has 0 aromatic carbocycles. The van der Waals surface area contributed by atoms with Crippen LogP contribution in [-0.2, 0) is 20.7 Å². The van der Waals surface area contributed by atoms with Crippen LogP contribution in [0.4, 0.5) is 0 Å². The second-order valence-electron chi connectivity index (χ2n) is 5.53. The van der Waals surface area contributed by atoms with E-state index in [0.29, 0.717) is 24.2 Å². The van der Waals surface area contributed by atoms with Crippen LogP contribution < -0.4 is 5.32 Å². The van der Waals surface area contributed by atoms with E-state index in [0.717, 1.165) is 6.42 Å². The molecule has 0 spiro atoms. The summed E-state index contributed by atoms with van der Waals surface area (Å²) in [5, 5.41) is 11.4. The minimum absolute atomic E-state index is 0.140. The molecule has 1 saturated heterocycles. The molecule has 0 radical (unpaired) electrons. The maximum atomic E-state index is 12.7. The Morgan fingerprint density at radius 2 is 2.30 bits per heavy atom. The zero-order valence-electron chi connectivity index (χ0n) is 13.3. The minimum atomic E-state index is -0.944. The van der Waals surface area contributed by atoms with Crippen molar-refractivity contribution in [2.75, 3.05) is 27.3 Å². The fourth-order valence-corrected chi connectivity index (χ4v) is 3.03. The maximum Gasteiger partial charge on any atom is 0.248 e. The lowest BCUT2D eigenvalue weighted by atomic mass is 9.95. The Balaban J connectivity index is 2.18. The minimum Gasteiger partial charge on any atom is -0.382 e. The number of likely N-dealkylation sites (tertiary alicyclic amines) is 1. The summed E-state index contributed by atoms with van der Waals surface area (Å²) in [7, 11) is 3.08. The van der Waals surface area contributed by atoms with E-state index in [4.69, 9.17) is 10.00 Å². The zero-order valence-corrected chi connectivity index (χ0v) is 13.3. The van der Waals surface area contributed by atoms with Crippen LogP contribution in [0.2, 0.25) is 0 Å². The Morgan fingerprint density at radius 1 is 1.52 bits per heavy atom. The number of pyridine rings is 1. The number of hydrogen-bond acceptors (Lipinski definition) is 5. The number of carbonyl (C=O) groups is 2. The molecule has 1 fully saturated rings. The van der Waals surface area contributed by atoms with Gasteiger partial charge in [0, 0.05) is 26.9 Å². The van der Waals surface area contributed by atoms with Crippen LogP contribution in [0.5, 0.6) is 0 Å². The van der Waals surface area contributed by atoms with Crippen molar-refractivity contribution in [2.45, 2.75) is 24.8 Å². The number of amides is 2. The molecular weight excluding hydrogens is 296 g/mol. The molecule has 0 bridgehead atoms. The largest absolute Gasteiger partial charge is 0.382 e. The third kappa shape index (κ3) is 3.32. The number of carbonyl (C=O) groups excluding carboxylic acids is 2. The standard InChI is InChI=1S/C16H20N4O3/c1-18-15(22)16(11-23-2)6-3-7-20(16)14(21)8-12-4-5-13(9-17)19-10-12/h4-5,10H,3,6-8,11H2,1-2H3,(H,18,22). The van der Waals surface area contributed by atoms with Gasteiger partial charge >= 0.3 is 0 Å². The lowest BCUT2D eigenvalue weighted by Crippen LogP contribution is -2.59. The van der Waals surface area contributed by atoms with Crippen molar-refractivity contribution in [1.29, 1.82) is 5.26 Å². The summed E-state index contributed by atoms with van der Waals surface area (Å²) in [5.41, 5.74) is 0.0752. The zero-order chi connectivity index (χ0) is 16.9. The Morgan fingerprint density at radius 3 is 2.87 bits per heavy atom. The fraction of sp³-hybridized carbons (Fsp3) is 0.500. The number of methoxy groups -OCH3 is 1. The molecule has 2 heterocycles. The first-order valence-electron chi connectivity index (χ1n) is 7.44. The summed E-state index contributed by atoms with van der Waals surface area (Å²) in [6.45, 7) is 0.698. The highest BCUT2D eigenvalue weighted by Gasteiger charge is 2.49. The highest BCUT2D eigenvalue weighted by molar-refractivity contribution is 5.92. The summed E-state index contributed by atoms with van der Waals surface area (Å²) < 4.78 is 5.21. The molecule has 1 aliphatic heterocycles. The number of ether oxygens (including phenoxy) is 1. The van der Waals surface area contributed by atoms with E-state index in [1.807, 2.05) is 6.07 Å². The van der Waals surface area contributed by atoms with Gasteiger partial charge in [0.15, 0.2) is 0 Å². The lowest BCUT2D eigenvalue weighted by Gasteiger charge is -2.36. The fourth-order valence-electron chi connectivity index (χ4n) is 3.03. The first-order chi connectivity index (χ1) is 11.1. The van der Waals surface area contributed by atoms with Crippen LogP contribution >= 0.6 is 0 Å².